The molecular weight excluding hydrogens is 571 g/mol. The molecule has 4 aromatic heterocycles. The monoisotopic (exact) mass is 597 g/mol. The number of ether oxygens (including phenoxy) is 2. The number of nitrogens with zero attached hydrogens (tertiary/aromatic N) is 8. The van der Waals surface area contributed by atoms with Crippen LogP contribution in [0, 0.1) is 0 Å². The van der Waals surface area contributed by atoms with Gasteiger partial charge in [0.15, 0.2) is 35.4 Å². The number of nitrogen functional groups attached to an aromatic ring is 2. The summed E-state index contributed by atoms with van der Waals surface area (Å²) in [5.74, 6) is 0.123. The summed E-state index contributed by atoms with van der Waals surface area (Å²) in [5.41, 5.74) is 12.3. The van der Waals surface area contributed by atoms with Crippen LogP contribution < -0.4 is 11.5 Å². The number of phosphoric acid groups is 1. The SMILES string of the molecule is [2H][C@H](OP(=O)(O)O[C@H]1[C@@H](O)[C@H](n2cnc3c(N)ncnc32)O[C@@H]1CO)[C@H]1O[C@@H](n2cnc3c(N)ncnc32)[C@H](O)[C@@H]1O. The summed E-state index contributed by atoms with van der Waals surface area (Å²) in [7, 11) is -5.21. The van der Waals surface area contributed by atoms with Crippen molar-refractivity contribution in [1.29, 1.82) is 0 Å². The van der Waals surface area contributed by atoms with Crippen LogP contribution in [0.15, 0.2) is 25.3 Å². The lowest BCUT2D eigenvalue weighted by Crippen LogP contribution is -2.36. The van der Waals surface area contributed by atoms with Crippen molar-refractivity contribution in [2.45, 2.75) is 49.1 Å². The highest BCUT2D eigenvalue weighted by Gasteiger charge is 2.50. The first-order chi connectivity index (χ1) is 20.0. The first kappa shape index (κ1) is 26.5. The van der Waals surface area contributed by atoms with Gasteiger partial charge in [0.1, 0.15) is 60.3 Å². The van der Waals surface area contributed by atoms with E-state index in [9.17, 15) is 29.9 Å². The molecule has 21 heteroatoms. The number of hydrogen-bond donors (Lipinski definition) is 7. The normalized spacial score (nSPS) is 32.9. The van der Waals surface area contributed by atoms with Gasteiger partial charge < -0.3 is 46.3 Å². The third-order valence-corrected chi connectivity index (χ3v) is 7.57. The zero-order valence-electron chi connectivity index (χ0n) is 21.7. The average Bonchev–Trinajstić information content (AvgIpc) is 3.70. The number of nitrogens with two attached hydrogens (primary N) is 2. The Morgan fingerprint density at radius 2 is 1.41 bits per heavy atom. The Hall–Kier alpha value is -3.43. The van der Waals surface area contributed by atoms with E-state index in [0.29, 0.717) is 0 Å². The standard InChI is InChI=1S/C20H25N10O10P/c21-15-9-17(25-3-23-15)29(5-27-9)19-12(33)11(32)8(39-19)2-37-41(35,36)40-14-7(1-31)38-20(13(14)34)30-6-28-10-16(22)24-4-26-18(10)30/h3-8,11-14,19-20,31-34H,1-2H2,(H,35,36)(H2,21,23,25)(H2,22,24,26)/t7-,8-,11-,12-,13-,14-,19-,20-/m1/s1/i2D/t2-,7+,8+,11+,12+,13+,14+,19+,20+/m0. The van der Waals surface area contributed by atoms with Gasteiger partial charge in [0.05, 0.1) is 27.2 Å². The fourth-order valence-corrected chi connectivity index (χ4v) is 5.57. The van der Waals surface area contributed by atoms with Gasteiger partial charge in [-0.25, -0.2) is 34.5 Å². The zero-order valence-corrected chi connectivity index (χ0v) is 21.6. The van der Waals surface area contributed by atoms with Gasteiger partial charge in [-0.1, -0.05) is 0 Å². The number of rotatable bonds is 8. The van der Waals surface area contributed by atoms with Crippen molar-refractivity contribution in [2.24, 2.45) is 0 Å². The lowest BCUT2D eigenvalue weighted by Gasteiger charge is -2.23. The highest BCUT2D eigenvalue weighted by molar-refractivity contribution is 7.47. The number of aliphatic hydroxyl groups is 4. The van der Waals surface area contributed by atoms with Crippen LogP contribution in [0.5, 0.6) is 0 Å². The molecule has 2 fully saturated rings. The van der Waals surface area contributed by atoms with Crippen LogP contribution in [0.4, 0.5) is 11.6 Å². The zero-order chi connectivity index (χ0) is 29.9. The molecule has 220 valence electrons. The third-order valence-electron chi connectivity index (χ3n) is 6.67. The molecule has 2 saturated heterocycles. The fraction of sp³-hybridized carbons (Fsp3) is 0.500. The maximum atomic E-state index is 12.9. The highest BCUT2D eigenvalue weighted by atomic mass is 31.2. The van der Waals surface area contributed by atoms with Gasteiger partial charge in [0.2, 0.25) is 0 Å². The van der Waals surface area contributed by atoms with E-state index in [-0.39, 0.29) is 34.0 Å². The van der Waals surface area contributed by atoms with E-state index in [0.717, 1.165) is 12.7 Å². The number of imidazole rings is 2. The molecule has 6 heterocycles. The fourth-order valence-electron chi connectivity index (χ4n) is 4.68. The topological polar surface area (TPSA) is 294 Å². The van der Waals surface area contributed by atoms with E-state index in [1.54, 1.807) is 0 Å². The Morgan fingerprint density at radius 1 is 0.878 bits per heavy atom. The van der Waals surface area contributed by atoms with Crippen molar-refractivity contribution in [1.82, 2.24) is 39.0 Å². The first-order valence-electron chi connectivity index (χ1n) is 12.5. The minimum Gasteiger partial charge on any atom is -0.394 e. The maximum absolute atomic E-state index is 12.9. The number of hydrogen-bond acceptors (Lipinski definition) is 17. The Kier molecular flexibility index (Phi) is 6.74. The summed E-state index contributed by atoms with van der Waals surface area (Å²) >= 11 is 0. The van der Waals surface area contributed by atoms with Gasteiger partial charge in [-0.05, 0) is 0 Å². The van der Waals surface area contributed by atoms with Gasteiger partial charge in [-0.15, -0.1) is 0 Å². The minimum absolute atomic E-state index is 0.0588. The van der Waals surface area contributed by atoms with Gasteiger partial charge in [0, 0.05) is 0 Å². The van der Waals surface area contributed by atoms with Crippen LogP contribution in [0.2, 0.25) is 0 Å². The molecule has 41 heavy (non-hydrogen) atoms. The molecular formula is C20H25N10O10P. The largest absolute Gasteiger partial charge is 0.472 e. The van der Waals surface area contributed by atoms with Gasteiger partial charge >= 0.3 is 7.82 Å². The van der Waals surface area contributed by atoms with Crippen molar-refractivity contribution >= 4 is 41.8 Å². The van der Waals surface area contributed by atoms with Crippen molar-refractivity contribution < 1.29 is 49.8 Å². The summed E-state index contributed by atoms with van der Waals surface area (Å²) < 4.78 is 45.0. The molecule has 0 aliphatic carbocycles. The molecule has 0 saturated carbocycles. The quantitative estimate of drug-likeness (QED) is 0.101. The van der Waals surface area contributed by atoms with E-state index < -0.39 is 70.1 Å². The van der Waals surface area contributed by atoms with E-state index in [1.165, 1.54) is 21.8 Å². The molecule has 2 aliphatic heterocycles. The summed E-state index contributed by atoms with van der Waals surface area (Å²) in [5, 5.41) is 41.9. The predicted molar refractivity (Wildman–Crippen MR) is 133 cm³/mol. The molecule has 2 aliphatic rings. The molecule has 0 amide bonds. The highest BCUT2D eigenvalue weighted by Crippen LogP contribution is 2.49. The minimum atomic E-state index is -5.21. The van der Waals surface area contributed by atoms with Crippen molar-refractivity contribution in [3.63, 3.8) is 0 Å². The first-order valence-corrected chi connectivity index (χ1v) is 13.4. The van der Waals surface area contributed by atoms with Crippen LogP contribution in [-0.4, -0.2) is 114 Å². The average molecular weight is 597 g/mol. The lowest BCUT2D eigenvalue weighted by atomic mass is 10.1. The Labute approximate surface area is 230 Å². The van der Waals surface area contributed by atoms with Crippen molar-refractivity contribution in [3.8, 4) is 0 Å². The second kappa shape index (κ2) is 10.4. The Bertz CT molecular complexity index is 1660. The molecule has 6 rings (SSSR count). The van der Waals surface area contributed by atoms with E-state index in [2.05, 4.69) is 29.9 Å². The second-order valence-electron chi connectivity index (χ2n) is 9.16. The second-order valence-corrected chi connectivity index (χ2v) is 10.5. The van der Waals surface area contributed by atoms with Gasteiger partial charge in [0.25, 0.3) is 0 Å². The molecule has 0 spiro atoms. The van der Waals surface area contributed by atoms with Crippen LogP contribution in [0.3, 0.4) is 0 Å². The molecule has 0 radical (unpaired) electrons. The smallest absolute Gasteiger partial charge is 0.394 e. The molecule has 0 aromatic carbocycles. The number of aliphatic hydroxyl groups excluding tert-OH is 4. The van der Waals surface area contributed by atoms with Crippen LogP contribution >= 0.6 is 7.82 Å². The third kappa shape index (κ3) is 4.78. The van der Waals surface area contributed by atoms with Crippen molar-refractivity contribution in [3.05, 3.63) is 25.3 Å². The summed E-state index contributed by atoms with van der Waals surface area (Å²) in [6.45, 7) is -2.82. The number of anilines is 2. The molecule has 4 aromatic rings. The number of aromatic nitrogens is 8. The van der Waals surface area contributed by atoms with E-state index >= 15 is 0 Å². The number of phosphoric ester groups is 1. The molecule has 0 bridgehead atoms. The van der Waals surface area contributed by atoms with Crippen LogP contribution in [0.25, 0.3) is 22.3 Å². The van der Waals surface area contributed by atoms with Crippen LogP contribution in [0.1, 0.15) is 13.8 Å². The molecule has 9 N–H and O–H groups in total. The lowest BCUT2D eigenvalue weighted by molar-refractivity contribution is -0.0585. The number of fused-ring (bicyclic) bond motifs is 2. The Morgan fingerprint density at radius 3 is 1.98 bits per heavy atom. The predicted octanol–water partition coefficient (Wildman–Crippen LogP) is -2.80. The van der Waals surface area contributed by atoms with E-state index in [1.807, 2.05) is 0 Å². The summed E-state index contributed by atoms with van der Waals surface area (Å²) in [6.07, 6.45) is -7.46. The summed E-state index contributed by atoms with van der Waals surface area (Å²) in [4.78, 5) is 34.4. The van der Waals surface area contributed by atoms with E-state index in [4.69, 9.17) is 31.4 Å². The van der Waals surface area contributed by atoms with Gasteiger partial charge in [-0.3, -0.25) is 18.2 Å². The maximum Gasteiger partial charge on any atom is 0.472 e. The summed E-state index contributed by atoms with van der Waals surface area (Å²) in [6, 6.07) is 0. The van der Waals surface area contributed by atoms with Gasteiger partial charge in [-0.2, -0.15) is 0 Å². The molecule has 1 unspecified atom stereocenters. The van der Waals surface area contributed by atoms with Crippen LogP contribution in [-0.2, 0) is 23.1 Å². The van der Waals surface area contributed by atoms with Crippen molar-refractivity contribution in [2.75, 3.05) is 24.7 Å². The molecule has 20 nitrogen and oxygen atoms in total. The molecule has 10 atom stereocenters. The Balaban J connectivity index is 1.17.